The minimum atomic E-state index is -0.616. The maximum Gasteiger partial charge on any atom is 0.414 e. The van der Waals surface area contributed by atoms with Gasteiger partial charge in [0.1, 0.15) is 11.9 Å². The molecule has 26 heavy (non-hydrogen) atoms. The first-order valence-corrected chi connectivity index (χ1v) is 7.89. The zero-order valence-electron chi connectivity index (χ0n) is 13.9. The molecule has 1 atom stereocenters. The molecule has 0 spiro atoms. The van der Waals surface area contributed by atoms with Crippen molar-refractivity contribution < 1.29 is 23.8 Å². The number of nitrogens with one attached hydrogen (secondary N) is 1. The largest absolute Gasteiger partial charge is 0.442 e. The lowest BCUT2D eigenvalue weighted by atomic mass is 10.1. The minimum Gasteiger partial charge on any atom is -0.442 e. The molecule has 3 rings (SSSR count). The molecule has 1 aliphatic heterocycles. The maximum absolute atomic E-state index is 14.6. The van der Waals surface area contributed by atoms with Crippen molar-refractivity contribution in [1.82, 2.24) is 25.5 Å². The van der Waals surface area contributed by atoms with Crippen LogP contribution in [0.15, 0.2) is 18.2 Å². The van der Waals surface area contributed by atoms with Crippen LogP contribution in [0, 0.1) is 5.82 Å². The van der Waals surface area contributed by atoms with Crippen molar-refractivity contribution in [2.45, 2.75) is 19.6 Å². The maximum atomic E-state index is 14.6. The Morgan fingerprint density at radius 3 is 3.00 bits per heavy atom. The highest BCUT2D eigenvalue weighted by molar-refractivity contribution is 5.90. The predicted molar refractivity (Wildman–Crippen MR) is 86.6 cm³/mol. The van der Waals surface area contributed by atoms with Crippen molar-refractivity contribution in [3.63, 3.8) is 0 Å². The number of cyclic esters (lactones) is 1. The third-order valence-electron chi connectivity index (χ3n) is 3.80. The number of aliphatic hydroxyl groups excluding tert-OH is 1. The van der Waals surface area contributed by atoms with Gasteiger partial charge in [0, 0.05) is 6.92 Å². The highest BCUT2D eigenvalue weighted by Crippen LogP contribution is 2.27. The molecule has 10 nitrogen and oxygen atoms in total. The highest BCUT2D eigenvalue weighted by atomic mass is 19.1. The number of halogens is 1. The van der Waals surface area contributed by atoms with Crippen molar-refractivity contribution in [1.29, 1.82) is 0 Å². The van der Waals surface area contributed by atoms with Crippen LogP contribution in [0.3, 0.4) is 0 Å². The number of nitrogens with zero attached hydrogens (tertiary/aromatic N) is 5. The first-order chi connectivity index (χ1) is 12.5. The molecule has 0 radical (unpaired) electrons. The molecule has 1 fully saturated rings. The summed E-state index contributed by atoms with van der Waals surface area (Å²) in [6, 6.07) is 4.20. The van der Waals surface area contributed by atoms with Crippen LogP contribution >= 0.6 is 0 Å². The molecular weight excluding hydrogens is 347 g/mol. The average molecular weight is 364 g/mol. The highest BCUT2D eigenvalue weighted by Gasteiger charge is 2.32. The Morgan fingerprint density at radius 2 is 2.31 bits per heavy atom. The molecule has 2 amide bonds. The van der Waals surface area contributed by atoms with Crippen LogP contribution in [0.1, 0.15) is 6.92 Å². The number of amides is 2. The number of aromatic nitrogens is 4. The summed E-state index contributed by atoms with van der Waals surface area (Å²) < 4.78 is 21.0. The van der Waals surface area contributed by atoms with Gasteiger partial charge in [-0.15, -0.1) is 5.10 Å². The normalized spacial score (nSPS) is 16.7. The first-order valence-electron chi connectivity index (χ1n) is 7.89. The number of tetrazole rings is 1. The Hall–Kier alpha value is -3.08. The molecule has 11 heteroatoms. The van der Waals surface area contributed by atoms with Crippen LogP contribution in [-0.2, 0) is 16.1 Å². The van der Waals surface area contributed by atoms with Gasteiger partial charge in [-0.3, -0.25) is 9.69 Å². The van der Waals surface area contributed by atoms with Crippen molar-refractivity contribution in [2.75, 3.05) is 24.6 Å². The predicted octanol–water partition coefficient (Wildman–Crippen LogP) is -0.0672. The topological polar surface area (TPSA) is 122 Å². The fraction of sp³-hybridized carbons (Fsp3) is 0.400. The summed E-state index contributed by atoms with van der Waals surface area (Å²) in [4.78, 5) is 24.2. The van der Waals surface area contributed by atoms with Gasteiger partial charge in [0.2, 0.25) is 5.91 Å². The molecular formula is C15H17FN6O4. The van der Waals surface area contributed by atoms with Gasteiger partial charge in [0.15, 0.2) is 5.82 Å². The Bertz CT molecular complexity index is 826. The Kier molecular flexibility index (Phi) is 5.07. The molecule has 0 unspecified atom stereocenters. The van der Waals surface area contributed by atoms with Gasteiger partial charge in [-0.1, -0.05) is 0 Å². The number of benzene rings is 1. The average Bonchev–Trinajstić information content (AvgIpc) is 3.20. The standard InChI is InChI=1S/C15H17FN6O4/c1-9(24)17-7-11-8-21(15(25)26-11)10-2-3-12(13(16)6-10)14-18-19-20-22(14)4-5-23/h2-3,6,11,23H,4-5,7-8H2,1H3,(H,17,24)/t11-/m0/s1. The number of carbonyl (C=O) groups is 2. The molecule has 2 aromatic rings. The lowest BCUT2D eigenvalue weighted by Crippen LogP contribution is -2.33. The van der Waals surface area contributed by atoms with E-state index in [1.54, 1.807) is 6.07 Å². The summed E-state index contributed by atoms with van der Waals surface area (Å²) in [6.07, 6.45) is -1.12. The van der Waals surface area contributed by atoms with E-state index in [-0.39, 0.29) is 43.5 Å². The quantitative estimate of drug-likeness (QED) is 0.736. The molecule has 0 bridgehead atoms. The van der Waals surface area contributed by atoms with E-state index in [1.165, 1.54) is 28.6 Å². The molecule has 1 aromatic heterocycles. The smallest absolute Gasteiger partial charge is 0.414 e. The monoisotopic (exact) mass is 364 g/mol. The van der Waals surface area contributed by atoms with Crippen LogP contribution in [0.25, 0.3) is 11.4 Å². The molecule has 2 N–H and O–H groups in total. The Balaban J connectivity index is 1.78. The second-order valence-corrected chi connectivity index (χ2v) is 5.67. The number of ether oxygens (including phenoxy) is 1. The molecule has 0 aliphatic carbocycles. The number of rotatable bonds is 6. The van der Waals surface area contributed by atoms with Crippen LogP contribution < -0.4 is 10.2 Å². The Morgan fingerprint density at radius 1 is 1.50 bits per heavy atom. The van der Waals surface area contributed by atoms with Crippen LogP contribution in [0.4, 0.5) is 14.9 Å². The fourth-order valence-electron chi connectivity index (χ4n) is 2.59. The van der Waals surface area contributed by atoms with Crippen molar-refractivity contribution >= 4 is 17.7 Å². The third-order valence-corrected chi connectivity index (χ3v) is 3.80. The van der Waals surface area contributed by atoms with E-state index in [4.69, 9.17) is 9.84 Å². The number of hydrogen-bond donors (Lipinski definition) is 2. The van der Waals surface area contributed by atoms with Crippen LogP contribution in [0.5, 0.6) is 0 Å². The summed E-state index contributed by atoms with van der Waals surface area (Å²) in [5.41, 5.74) is 0.470. The number of carbonyl (C=O) groups excluding carboxylic acids is 2. The fourth-order valence-corrected chi connectivity index (χ4v) is 2.59. The van der Waals surface area contributed by atoms with Gasteiger partial charge < -0.3 is 15.2 Å². The summed E-state index contributed by atoms with van der Waals surface area (Å²) in [5, 5.41) is 22.5. The molecule has 2 heterocycles. The lowest BCUT2D eigenvalue weighted by Gasteiger charge is -2.14. The van der Waals surface area contributed by atoms with E-state index in [0.717, 1.165) is 0 Å². The zero-order chi connectivity index (χ0) is 18.7. The summed E-state index contributed by atoms with van der Waals surface area (Å²) in [5.74, 6) is -0.666. The number of anilines is 1. The Labute approximate surface area is 147 Å². The molecule has 138 valence electrons. The molecule has 1 aliphatic rings. The second kappa shape index (κ2) is 7.44. The summed E-state index contributed by atoms with van der Waals surface area (Å²) in [7, 11) is 0. The SMILES string of the molecule is CC(=O)NC[C@H]1CN(c2ccc(-c3nnnn3CCO)c(F)c2)C(=O)O1. The molecule has 1 aromatic carbocycles. The van der Waals surface area contributed by atoms with Gasteiger partial charge in [0.05, 0.1) is 37.5 Å². The number of aliphatic hydroxyl groups is 1. The van der Waals surface area contributed by atoms with E-state index in [2.05, 4.69) is 20.8 Å². The minimum absolute atomic E-state index is 0.132. The van der Waals surface area contributed by atoms with Gasteiger partial charge >= 0.3 is 6.09 Å². The van der Waals surface area contributed by atoms with E-state index >= 15 is 0 Å². The second-order valence-electron chi connectivity index (χ2n) is 5.67. The van der Waals surface area contributed by atoms with Gasteiger partial charge in [-0.25, -0.2) is 13.9 Å². The zero-order valence-corrected chi connectivity index (χ0v) is 13.9. The summed E-state index contributed by atoms with van der Waals surface area (Å²) in [6.45, 7) is 1.70. The first kappa shape index (κ1) is 17.7. The third kappa shape index (κ3) is 3.61. The van der Waals surface area contributed by atoms with Crippen molar-refractivity contribution in [3.8, 4) is 11.4 Å². The van der Waals surface area contributed by atoms with Gasteiger partial charge in [-0.2, -0.15) is 0 Å². The number of hydrogen-bond acceptors (Lipinski definition) is 7. The van der Waals surface area contributed by atoms with Gasteiger partial charge in [-0.05, 0) is 28.6 Å². The van der Waals surface area contributed by atoms with E-state index in [0.29, 0.717) is 5.69 Å². The van der Waals surface area contributed by atoms with E-state index in [1.807, 2.05) is 0 Å². The van der Waals surface area contributed by atoms with Crippen molar-refractivity contribution in [2.24, 2.45) is 0 Å². The molecule has 1 saturated heterocycles. The van der Waals surface area contributed by atoms with Crippen LogP contribution in [0.2, 0.25) is 0 Å². The van der Waals surface area contributed by atoms with E-state index in [9.17, 15) is 14.0 Å². The lowest BCUT2D eigenvalue weighted by molar-refractivity contribution is -0.119. The summed E-state index contributed by atoms with van der Waals surface area (Å²) >= 11 is 0. The van der Waals surface area contributed by atoms with Crippen LogP contribution in [-0.4, -0.2) is 63.1 Å². The van der Waals surface area contributed by atoms with Gasteiger partial charge in [0.25, 0.3) is 0 Å². The molecule has 0 saturated carbocycles. The van der Waals surface area contributed by atoms with E-state index < -0.39 is 18.0 Å². The van der Waals surface area contributed by atoms with Crippen molar-refractivity contribution in [3.05, 3.63) is 24.0 Å².